The van der Waals surface area contributed by atoms with E-state index in [9.17, 15) is 0 Å². The summed E-state index contributed by atoms with van der Waals surface area (Å²) in [6.07, 6.45) is 12.5. The Kier molecular flexibility index (Phi) is 3.86. The van der Waals surface area contributed by atoms with Gasteiger partial charge < -0.3 is 4.74 Å². The Morgan fingerprint density at radius 3 is 2.62 bits per heavy atom. The third-order valence-electron chi connectivity index (χ3n) is 3.94. The SMILES string of the molecule is C=C(C)/C1=C/CCCCOC12CCCCC2. The first kappa shape index (κ1) is 11.9. The summed E-state index contributed by atoms with van der Waals surface area (Å²) in [5.41, 5.74) is 2.65. The molecule has 1 spiro atoms. The number of allylic oxidation sites excluding steroid dienone is 1. The lowest BCUT2D eigenvalue weighted by atomic mass is 9.76. The van der Waals surface area contributed by atoms with E-state index in [4.69, 9.17) is 4.74 Å². The maximum atomic E-state index is 6.26. The van der Waals surface area contributed by atoms with Crippen molar-refractivity contribution in [3.8, 4) is 0 Å². The molecular weight excluding hydrogens is 196 g/mol. The van der Waals surface area contributed by atoms with E-state index in [-0.39, 0.29) is 5.60 Å². The Morgan fingerprint density at radius 2 is 1.94 bits per heavy atom. The summed E-state index contributed by atoms with van der Waals surface area (Å²) in [5, 5.41) is 0. The topological polar surface area (TPSA) is 9.23 Å². The molecule has 0 unspecified atom stereocenters. The zero-order valence-corrected chi connectivity index (χ0v) is 10.6. The molecule has 0 saturated heterocycles. The van der Waals surface area contributed by atoms with Crippen LogP contribution in [-0.2, 0) is 4.74 Å². The standard InChI is InChI=1S/C15H24O/c1-13(2)14-9-5-3-8-12-16-15(14)10-6-4-7-11-15/h9H,1,3-8,10-12H2,2H3/b14-9-. The largest absolute Gasteiger partial charge is 0.370 e. The van der Waals surface area contributed by atoms with Crippen molar-refractivity contribution in [2.75, 3.05) is 6.61 Å². The van der Waals surface area contributed by atoms with E-state index in [2.05, 4.69) is 19.6 Å². The quantitative estimate of drug-likeness (QED) is 0.636. The average molecular weight is 220 g/mol. The van der Waals surface area contributed by atoms with Crippen molar-refractivity contribution in [2.24, 2.45) is 0 Å². The monoisotopic (exact) mass is 220 g/mol. The third kappa shape index (κ3) is 2.40. The first-order chi connectivity index (χ1) is 7.75. The highest BCUT2D eigenvalue weighted by molar-refractivity contribution is 5.36. The molecule has 2 aliphatic rings. The fourth-order valence-electron chi connectivity index (χ4n) is 3.12. The van der Waals surface area contributed by atoms with Gasteiger partial charge in [0.05, 0.1) is 5.60 Å². The zero-order valence-electron chi connectivity index (χ0n) is 10.6. The molecule has 0 radical (unpaired) electrons. The number of ether oxygens (including phenoxy) is 1. The van der Waals surface area contributed by atoms with E-state index < -0.39 is 0 Å². The number of hydrogen-bond donors (Lipinski definition) is 0. The second-order valence-corrected chi connectivity index (χ2v) is 5.30. The van der Waals surface area contributed by atoms with Crippen molar-refractivity contribution in [2.45, 2.75) is 63.9 Å². The van der Waals surface area contributed by atoms with Crippen molar-refractivity contribution in [1.82, 2.24) is 0 Å². The Morgan fingerprint density at radius 1 is 1.19 bits per heavy atom. The minimum absolute atomic E-state index is 0.0322. The van der Waals surface area contributed by atoms with Gasteiger partial charge in [0.15, 0.2) is 0 Å². The van der Waals surface area contributed by atoms with Crippen molar-refractivity contribution >= 4 is 0 Å². The highest BCUT2D eigenvalue weighted by atomic mass is 16.5. The van der Waals surface area contributed by atoms with Crippen LogP contribution >= 0.6 is 0 Å². The molecule has 0 aromatic rings. The van der Waals surface area contributed by atoms with Gasteiger partial charge in [-0.25, -0.2) is 0 Å². The first-order valence-electron chi connectivity index (χ1n) is 6.75. The molecule has 1 nitrogen and oxygen atoms in total. The van der Waals surface area contributed by atoms with Crippen LogP contribution in [-0.4, -0.2) is 12.2 Å². The molecule has 0 atom stereocenters. The van der Waals surface area contributed by atoms with Gasteiger partial charge in [0.1, 0.15) is 0 Å². The van der Waals surface area contributed by atoms with E-state index in [1.165, 1.54) is 62.5 Å². The minimum atomic E-state index is 0.0322. The van der Waals surface area contributed by atoms with Gasteiger partial charge in [-0.3, -0.25) is 0 Å². The molecular formula is C15H24O. The van der Waals surface area contributed by atoms with Gasteiger partial charge in [-0.05, 0) is 44.6 Å². The highest BCUT2D eigenvalue weighted by Gasteiger charge is 2.37. The molecule has 2 rings (SSSR count). The lowest BCUT2D eigenvalue weighted by molar-refractivity contribution is -0.0439. The summed E-state index contributed by atoms with van der Waals surface area (Å²) < 4.78 is 6.26. The van der Waals surface area contributed by atoms with Crippen LogP contribution in [0.3, 0.4) is 0 Å². The van der Waals surface area contributed by atoms with E-state index in [0.717, 1.165) is 6.61 Å². The van der Waals surface area contributed by atoms with Gasteiger partial charge in [-0.1, -0.05) is 37.5 Å². The van der Waals surface area contributed by atoms with Crippen molar-refractivity contribution in [3.63, 3.8) is 0 Å². The molecule has 1 aliphatic heterocycles. The Hall–Kier alpha value is -0.560. The van der Waals surface area contributed by atoms with Gasteiger partial charge in [0, 0.05) is 6.61 Å². The van der Waals surface area contributed by atoms with Gasteiger partial charge >= 0.3 is 0 Å². The smallest absolute Gasteiger partial charge is 0.0930 e. The van der Waals surface area contributed by atoms with Crippen molar-refractivity contribution < 1.29 is 4.74 Å². The van der Waals surface area contributed by atoms with Crippen LogP contribution in [0.25, 0.3) is 0 Å². The summed E-state index contributed by atoms with van der Waals surface area (Å²) in [6.45, 7) is 7.22. The number of hydrogen-bond acceptors (Lipinski definition) is 1. The lowest BCUT2D eigenvalue weighted by Crippen LogP contribution is -2.38. The average Bonchev–Trinajstić information content (AvgIpc) is 2.25. The second kappa shape index (κ2) is 5.18. The highest BCUT2D eigenvalue weighted by Crippen LogP contribution is 2.41. The normalized spacial score (nSPS) is 28.9. The molecule has 1 heteroatoms. The lowest BCUT2D eigenvalue weighted by Gasteiger charge is -2.40. The van der Waals surface area contributed by atoms with Gasteiger partial charge in [0.2, 0.25) is 0 Å². The van der Waals surface area contributed by atoms with E-state index in [1.54, 1.807) is 0 Å². The van der Waals surface area contributed by atoms with Crippen LogP contribution in [0.1, 0.15) is 58.3 Å². The minimum Gasteiger partial charge on any atom is -0.370 e. The van der Waals surface area contributed by atoms with Gasteiger partial charge in [0.25, 0.3) is 0 Å². The van der Waals surface area contributed by atoms with Crippen LogP contribution in [0.2, 0.25) is 0 Å². The fourth-order valence-corrected chi connectivity index (χ4v) is 3.12. The van der Waals surface area contributed by atoms with Crippen LogP contribution in [0.4, 0.5) is 0 Å². The molecule has 1 fully saturated rings. The van der Waals surface area contributed by atoms with E-state index in [1.807, 2.05) is 0 Å². The first-order valence-corrected chi connectivity index (χ1v) is 6.75. The summed E-state index contributed by atoms with van der Waals surface area (Å²) in [4.78, 5) is 0. The van der Waals surface area contributed by atoms with Crippen molar-refractivity contribution in [3.05, 3.63) is 23.8 Å². The van der Waals surface area contributed by atoms with Gasteiger partial charge in [-0.2, -0.15) is 0 Å². The maximum Gasteiger partial charge on any atom is 0.0930 e. The summed E-state index contributed by atoms with van der Waals surface area (Å²) in [7, 11) is 0. The van der Waals surface area contributed by atoms with Gasteiger partial charge in [-0.15, -0.1) is 0 Å². The Bertz CT molecular complexity index is 282. The fraction of sp³-hybridized carbons (Fsp3) is 0.733. The Balaban J connectivity index is 2.27. The van der Waals surface area contributed by atoms with Crippen LogP contribution in [0.15, 0.2) is 23.8 Å². The number of rotatable bonds is 1. The zero-order chi connectivity index (χ0) is 11.4. The van der Waals surface area contributed by atoms with Crippen LogP contribution in [0.5, 0.6) is 0 Å². The summed E-state index contributed by atoms with van der Waals surface area (Å²) in [6, 6.07) is 0. The van der Waals surface area contributed by atoms with Crippen LogP contribution < -0.4 is 0 Å². The predicted molar refractivity (Wildman–Crippen MR) is 68.5 cm³/mol. The van der Waals surface area contributed by atoms with Crippen LogP contribution in [0, 0.1) is 0 Å². The van der Waals surface area contributed by atoms with Crippen molar-refractivity contribution in [1.29, 1.82) is 0 Å². The molecule has 0 bridgehead atoms. The molecule has 1 saturated carbocycles. The second-order valence-electron chi connectivity index (χ2n) is 5.30. The third-order valence-corrected chi connectivity index (χ3v) is 3.94. The molecule has 1 heterocycles. The summed E-state index contributed by atoms with van der Waals surface area (Å²) >= 11 is 0. The van der Waals surface area contributed by atoms with E-state index >= 15 is 0 Å². The van der Waals surface area contributed by atoms with E-state index in [0.29, 0.717) is 0 Å². The molecule has 0 aromatic carbocycles. The maximum absolute atomic E-state index is 6.26. The predicted octanol–water partition coefficient (Wildman–Crippen LogP) is 4.39. The molecule has 0 amide bonds. The molecule has 0 aromatic heterocycles. The summed E-state index contributed by atoms with van der Waals surface area (Å²) in [5.74, 6) is 0. The Labute approximate surface area is 99.6 Å². The molecule has 16 heavy (non-hydrogen) atoms. The molecule has 0 N–H and O–H groups in total. The molecule has 90 valence electrons. The molecule has 1 aliphatic carbocycles.